The maximum atomic E-state index is 9.12. The van der Waals surface area contributed by atoms with E-state index in [-0.39, 0.29) is 18.1 Å². The first-order chi connectivity index (χ1) is 10.4. The van der Waals surface area contributed by atoms with Gasteiger partial charge in [-0.3, -0.25) is 0 Å². The highest BCUT2D eigenvalue weighted by atomic mass is 32.1. The van der Waals surface area contributed by atoms with Gasteiger partial charge in [0.15, 0.2) is 0 Å². The van der Waals surface area contributed by atoms with Crippen LogP contribution >= 0.6 is 11.3 Å². The zero-order valence-corrected chi connectivity index (χ0v) is 14.7. The summed E-state index contributed by atoms with van der Waals surface area (Å²) in [6.07, 6.45) is 0.809. The molecule has 2 N–H and O–H groups in total. The van der Waals surface area contributed by atoms with Gasteiger partial charge in [-0.05, 0) is 25.7 Å². The van der Waals surface area contributed by atoms with E-state index in [0.717, 1.165) is 23.7 Å². The van der Waals surface area contributed by atoms with Gasteiger partial charge in [-0.25, -0.2) is 4.98 Å². The van der Waals surface area contributed by atoms with Crippen molar-refractivity contribution in [2.24, 2.45) is 5.41 Å². The van der Waals surface area contributed by atoms with Crippen LogP contribution in [0.3, 0.4) is 0 Å². The van der Waals surface area contributed by atoms with Crippen molar-refractivity contribution in [1.29, 1.82) is 0 Å². The molecule has 1 aromatic carbocycles. The summed E-state index contributed by atoms with van der Waals surface area (Å²) in [5.74, 6) is 0. The molecule has 0 bridgehead atoms. The Morgan fingerprint density at radius 3 is 2.59 bits per heavy atom. The molecule has 0 radical (unpaired) electrons. The Labute approximate surface area is 137 Å². The molecule has 3 nitrogen and oxygen atoms in total. The summed E-state index contributed by atoms with van der Waals surface area (Å²) in [6, 6.07) is 10.6. The first-order valence-electron chi connectivity index (χ1n) is 7.80. The fraction of sp³-hybridized carbons (Fsp3) is 0.500. The van der Waals surface area contributed by atoms with Crippen LogP contribution in [0.2, 0.25) is 0 Å². The number of nitrogens with one attached hydrogen (secondary N) is 1. The highest BCUT2D eigenvalue weighted by Gasteiger charge is 2.20. The van der Waals surface area contributed by atoms with Crippen LogP contribution in [0.1, 0.15) is 43.8 Å². The standard InChI is InChI=1S/C18H26N2OS/c1-13(19-12-18(3,4)10-11-21)16-14(2)20-17(22-16)15-8-6-5-7-9-15/h5-9,13,19,21H,10-12H2,1-4H3. The van der Waals surface area contributed by atoms with Crippen LogP contribution in [-0.2, 0) is 0 Å². The van der Waals surface area contributed by atoms with E-state index in [1.165, 1.54) is 10.4 Å². The second kappa shape index (κ2) is 7.36. The minimum absolute atomic E-state index is 0.101. The zero-order valence-electron chi connectivity index (χ0n) is 13.9. The highest BCUT2D eigenvalue weighted by Crippen LogP contribution is 2.32. The van der Waals surface area contributed by atoms with Crippen molar-refractivity contribution in [3.05, 3.63) is 40.9 Å². The maximum absolute atomic E-state index is 9.12. The summed E-state index contributed by atoms with van der Waals surface area (Å²) in [5, 5.41) is 13.8. The maximum Gasteiger partial charge on any atom is 0.123 e. The summed E-state index contributed by atoms with van der Waals surface area (Å²) in [7, 11) is 0. The molecule has 0 saturated heterocycles. The Kier molecular flexibility index (Phi) is 5.73. The van der Waals surface area contributed by atoms with E-state index >= 15 is 0 Å². The number of nitrogens with zero attached hydrogens (tertiary/aromatic N) is 1. The Bertz CT molecular complexity index is 592. The lowest BCUT2D eigenvalue weighted by Crippen LogP contribution is -2.32. The van der Waals surface area contributed by atoms with Crippen LogP contribution in [0.25, 0.3) is 10.6 Å². The molecule has 1 atom stereocenters. The van der Waals surface area contributed by atoms with Crippen molar-refractivity contribution in [1.82, 2.24) is 10.3 Å². The molecular weight excluding hydrogens is 292 g/mol. The lowest BCUT2D eigenvalue weighted by molar-refractivity contribution is 0.204. The molecule has 0 aliphatic rings. The number of benzene rings is 1. The topological polar surface area (TPSA) is 45.2 Å². The quantitative estimate of drug-likeness (QED) is 0.805. The van der Waals surface area contributed by atoms with E-state index < -0.39 is 0 Å². The van der Waals surface area contributed by atoms with E-state index in [1.54, 1.807) is 11.3 Å². The van der Waals surface area contributed by atoms with Crippen LogP contribution < -0.4 is 5.32 Å². The van der Waals surface area contributed by atoms with Crippen LogP contribution in [0.15, 0.2) is 30.3 Å². The van der Waals surface area contributed by atoms with Gasteiger partial charge in [0.1, 0.15) is 5.01 Å². The second-order valence-corrected chi connectivity index (χ2v) is 7.61. The van der Waals surface area contributed by atoms with Crippen molar-refractivity contribution in [3.63, 3.8) is 0 Å². The van der Waals surface area contributed by atoms with E-state index in [4.69, 9.17) is 10.1 Å². The predicted molar refractivity (Wildman–Crippen MR) is 94.2 cm³/mol. The van der Waals surface area contributed by atoms with E-state index in [9.17, 15) is 0 Å². The first kappa shape index (κ1) is 17.1. The predicted octanol–water partition coefficient (Wildman–Crippen LogP) is 4.18. The monoisotopic (exact) mass is 318 g/mol. The highest BCUT2D eigenvalue weighted by molar-refractivity contribution is 7.15. The lowest BCUT2D eigenvalue weighted by atomic mass is 9.89. The van der Waals surface area contributed by atoms with E-state index in [2.05, 4.69) is 45.1 Å². The van der Waals surface area contributed by atoms with Crippen LogP contribution in [0, 0.1) is 12.3 Å². The second-order valence-electron chi connectivity index (χ2n) is 6.58. The zero-order chi connectivity index (χ0) is 16.2. The molecule has 0 aliphatic carbocycles. The average molecular weight is 318 g/mol. The lowest BCUT2D eigenvalue weighted by Gasteiger charge is -2.26. The van der Waals surface area contributed by atoms with Gasteiger partial charge in [0.2, 0.25) is 0 Å². The number of thiazole rings is 1. The average Bonchev–Trinajstić information content (AvgIpc) is 2.88. The smallest absolute Gasteiger partial charge is 0.123 e. The Balaban J connectivity index is 2.08. The molecule has 1 unspecified atom stereocenters. The Morgan fingerprint density at radius 2 is 1.95 bits per heavy atom. The molecule has 1 aromatic heterocycles. The third kappa shape index (κ3) is 4.38. The molecule has 2 aromatic rings. The molecule has 120 valence electrons. The van der Waals surface area contributed by atoms with Crippen molar-refractivity contribution in [2.75, 3.05) is 13.2 Å². The van der Waals surface area contributed by atoms with Gasteiger partial charge in [-0.15, -0.1) is 11.3 Å². The molecule has 22 heavy (non-hydrogen) atoms. The summed E-state index contributed by atoms with van der Waals surface area (Å²) < 4.78 is 0. The summed E-state index contributed by atoms with van der Waals surface area (Å²) in [4.78, 5) is 6.01. The largest absolute Gasteiger partial charge is 0.396 e. The number of rotatable bonds is 7. The third-order valence-electron chi connectivity index (χ3n) is 3.92. The number of aryl methyl sites for hydroxylation is 1. The van der Waals surface area contributed by atoms with Crippen LogP contribution in [0.4, 0.5) is 0 Å². The molecule has 0 spiro atoms. The molecule has 0 fully saturated rings. The molecule has 1 heterocycles. The first-order valence-corrected chi connectivity index (χ1v) is 8.61. The van der Waals surface area contributed by atoms with Crippen molar-refractivity contribution >= 4 is 11.3 Å². The molecular formula is C18H26N2OS. The van der Waals surface area contributed by atoms with Gasteiger partial charge in [-0.1, -0.05) is 44.2 Å². The fourth-order valence-electron chi connectivity index (χ4n) is 2.43. The number of aliphatic hydroxyl groups excluding tert-OH is 1. The summed E-state index contributed by atoms with van der Waals surface area (Å²) >= 11 is 1.76. The molecule has 0 amide bonds. The van der Waals surface area contributed by atoms with Gasteiger partial charge in [0, 0.05) is 29.6 Å². The number of hydrogen-bond acceptors (Lipinski definition) is 4. The van der Waals surface area contributed by atoms with Crippen molar-refractivity contribution in [3.8, 4) is 10.6 Å². The number of aliphatic hydroxyl groups is 1. The molecule has 0 saturated carbocycles. The van der Waals surface area contributed by atoms with Gasteiger partial charge in [0.25, 0.3) is 0 Å². The number of aromatic nitrogens is 1. The van der Waals surface area contributed by atoms with E-state index in [0.29, 0.717) is 0 Å². The minimum atomic E-state index is 0.101. The minimum Gasteiger partial charge on any atom is -0.396 e. The van der Waals surface area contributed by atoms with Gasteiger partial charge < -0.3 is 10.4 Å². The van der Waals surface area contributed by atoms with Crippen LogP contribution in [-0.4, -0.2) is 23.2 Å². The van der Waals surface area contributed by atoms with Gasteiger partial charge in [-0.2, -0.15) is 0 Å². The van der Waals surface area contributed by atoms with Crippen molar-refractivity contribution in [2.45, 2.75) is 40.2 Å². The van der Waals surface area contributed by atoms with E-state index in [1.807, 2.05) is 18.2 Å². The molecule has 0 aliphatic heterocycles. The fourth-order valence-corrected chi connectivity index (χ4v) is 3.53. The summed E-state index contributed by atoms with van der Waals surface area (Å²) in [5.41, 5.74) is 2.38. The SMILES string of the molecule is Cc1nc(-c2ccccc2)sc1C(C)NCC(C)(C)CCO. The van der Waals surface area contributed by atoms with Gasteiger partial charge >= 0.3 is 0 Å². The molecule has 4 heteroatoms. The van der Waals surface area contributed by atoms with Crippen molar-refractivity contribution < 1.29 is 5.11 Å². The number of hydrogen-bond donors (Lipinski definition) is 2. The third-order valence-corrected chi connectivity index (χ3v) is 5.31. The normalized spacial score (nSPS) is 13.3. The van der Waals surface area contributed by atoms with Crippen LogP contribution in [0.5, 0.6) is 0 Å². The Hall–Kier alpha value is -1.23. The van der Waals surface area contributed by atoms with Gasteiger partial charge in [0.05, 0.1) is 5.69 Å². The summed E-state index contributed by atoms with van der Waals surface area (Å²) in [6.45, 7) is 9.74. The molecule has 2 rings (SSSR count). The Morgan fingerprint density at radius 1 is 1.27 bits per heavy atom.